The first-order chi connectivity index (χ1) is 7.58. The molecule has 0 amide bonds. The lowest BCUT2D eigenvalue weighted by molar-refractivity contribution is -0.690. The monoisotopic (exact) mass is 305 g/mol. The van der Waals surface area contributed by atoms with Gasteiger partial charge in [-0.3, -0.25) is 0 Å². The molecule has 1 fully saturated rings. The second-order valence-electron chi connectivity index (χ2n) is 3.55. The van der Waals surface area contributed by atoms with Crippen molar-refractivity contribution in [3.8, 4) is 0 Å². The third kappa shape index (κ3) is 2.39. The van der Waals surface area contributed by atoms with Gasteiger partial charge in [0.2, 0.25) is 0 Å². The van der Waals surface area contributed by atoms with Crippen molar-refractivity contribution < 1.29 is 19.6 Å². The Morgan fingerprint density at radius 1 is 1.62 bits per heavy atom. The van der Waals surface area contributed by atoms with Gasteiger partial charge in [0.1, 0.15) is 17.8 Å². The fraction of sp³-hybridized carbons (Fsp3) is 0.300. The first kappa shape index (κ1) is 11.9. The highest BCUT2D eigenvalue weighted by atomic mass is 79.9. The van der Waals surface area contributed by atoms with Gasteiger partial charge in [0.05, 0.1) is 10.2 Å². The summed E-state index contributed by atoms with van der Waals surface area (Å²) in [5, 5.41) is 12.4. The number of carboxylic acids is 1. The van der Waals surface area contributed by atoms with Crippen molar-refractivity contribution in [1.82, 2.24) is 0 Å². The van der Waals surface area contributed by atoms with Gasteiger partial charge in [-0.05, 0) is 34.1 Å². The number of hydrogen-bond acceptors (Lipinski definition) is 3. The number of carboxylic acid groups (broad SMARTS) is 1. The number of hydrogen-bond donors (Lipinski definition) is 1. The van der Waals surface area contributed by atoms with Crippen LogP contribution in [0.1, 0.15) is 10.9 Å². The molecule has 16 heavy (non-hydrogen) atoms. The second-order valence-corrected chi connectivity index (χ2v) is 5.57. The van der Waals surface area contributed by atoms with Crippen LogP contribution in [0.2, 0.25) is 0 Å². The van der Waals surface area contributed by atoms with Gasteiger partial charge in [0.25, 0.3) is 0 Å². The molecule has 0 aliphatic carbocycles. The Hall–Kier alpha value is -0.590. The lowest BCUT2D eigenvalue weighted by Gasteiger charge is -2.11. The minimum atomic E-state index is -1.05. The fourth-order valence-corrected chi connectivity index (χ4v) is 3.27. The number of carbonyl (C=O) groups excluding carboxylic acids is 1. The first-order valence-electron chi connectivity index (χ1n) is 4.70. The molecule has 0 unspecified atom stereocenters. The van der Waals surface area contributed by atoms with Gasteiger partial charge in [0, 0.05) is 5.56 Å². The van der Waals surface area contributed by atoms with Gasteiger partial charge in [-0.1, -0.05) is 11.8 Å². The van der Waals surface area contributed by atoms with E-state index in [1.807, 2.05) is 0 Å². The Kier molecular flexibility index (Phi) is 3.51. The standard InChI is InChI=1S/C10H9BrFNO2S/c11-6-3-5(1-2-7(6)12)9-13-8(4-16-9)10(14)15/h1-3,8-9,13H,4H2,(H,14,15)/t8-,9-/m1/s1. The molecule has 1 aromatic carbocycles. The van der Waals surface area contributed by atoms with E-state index in [4.69, 9.17) is 0 Å². The van der Waals surface area contributed by atoms with Crippen LogP contribution in [-0.2, 0) is 4.79 Å². The summed E-state index contributed by atoms with van der Waals surface area (Å²) in [4.78, 5) is 10.7. The van der Waals surface area contributed by atoms with Crippen LogP contribution in [0.3, 0.4) is 0 Å². The summed E-state index contributed by atoms with van der Waals surface area (Å²) >= 11 is 4.64. The van der Waals surface area contributed by atoms with Crippen LogP contribution in [0.15, 0.2) is 22.7 Å². The van der Waals surface area contributed by atoms with E-state index in [-0.39, 0.29) is 11.2 Å². The summed E-state index contributed by atoms with van der Waals surface area (Å²) in [6, 6.07) is 4.21. The number of thioether (sulfide) groups is 1. The molecule has 3 nitrogen and oxygen atoms in total. The molecule has 1 heterocycles. The van der Waals surface area contributed by atoms with Crippen molar-refractivity contribution in [2.24, 2.45) is 0 Å². The van der Waals surface area contributed by atoms with Gasteiger partial charge < -0.3 is 15.2 Å². The number of aliphatic carboxylic acids is 1. The molecule has 0 aromatic heterocycles. The van der Waals surface area contributed by atoms with E-state index in [2.05, 4.69) is 15.9 Å². The minimum absolute atomic E-state index is 0.000185. The predicted octanol–water partition coefficient (Wildman–Crippen LogP) is 0.0155. The number of nitrogens with two attached hydrogens (primary N) is 1. The topological polar surface area (TPSA) is 56.7 Å². The van der Waals surface area contributed by atoms with Crippen LogP contribution in [0.5, 0.6) is 0 Å². The van der Waals surface area contributed by atoms with E-state index < -0.39 is 12.0 Å². The molecular weight excluding hydrogens is 297 g/mol. The van der Waals surface area contributed by atoms with Crippen molar-refractivity contribution in [2.45, 2.75) is 11.4 Å². The molecule has 0 radical (unpaired) electrons. The molecule has 0 spiro atoms. The number of halogens is 2. The quantitative estimate of drug-likeness (QED) is 0.838. The lowest BCUT2D eigenvalue weighted by atomic mass is 10.2. The third-order valence-electron chi connectivity index (χ3n) is 2.44. The normalized spacial score (nSPS) is 24.6. The maximum atomic E-state index is 13.0. The van der Waals surface area contributed by atoms with Crippen molar-refractivity contribution in [3.63, 3.8) is 0 Å². The molecule has 0 saturated carbocycles. The van der Waals surface area contributed by atoms with Crippen LogP contribution in [0.4, 0.5) is 4.39 Å². The Morgan fingerprint density at radius 3 is 2.94 bits per heavy atom. The molecule has 6 heteroatoms. The predicted molar refractivity (Wildman–Crippen MR) is 60.0 cm³/mol. The Balaban J connectivity index is 2.14. The zero-order valence-corrected chi connectivity index (χ0v) is 10.6. The van der Waals surface area contributed by atoms with Crippen molar-refractivity contribution in [2.75, 3.05) is 5.75 Å². The SMILES string of the molecule is O=C([O-])[C@H]1CS[C@H](c2ccc(F)c(Br)c2)[NH2+]1. The Bertz CT molecular complexity index is 429. The van der Waals surface area contributed by atoms with Crippen LogP contribution < -0.4 is 10.4 Å². The van der Waals surface area contributed by atoms with Crippen molar-refractivity contribution in [1.29, 1.82) is 0 Å². The van der Waals surface area contributed by atoms with E-state index >= 15 is 0 Å². The molecule has 2 atom stereocenters. The molecule has 0 bridgehead atoms. The van der Waals surface area contributed by atoms with Crippen LogP contribution in [0.25, 0.3) is 0 Å². The van der Waals surface area contributed by atoms with E-state index in [9.17, 15) is 14.3 Å². The molecule has 1 aliphatic rings. The van der Waals surface area contributed by atoms with E-state index in [1.165, 1.54) is 17.8 Å². The van der Waals surface area contributed by atoms with Crippen LogP contribution >= 0.6 is 27.7 Å². The van der Waals surface area contributed by atoms with Crippen LogP contribution in [0, 0.1) is 5.82 Å². The maximum Gasteiger partial charge on any atom is 0.159 e. The summed E-state index contributed by atoms with van der Waals surface area (Å²) in [7, 11) is 0. The third-order valence-corrected chi connectivity index (χ3v) is 4.39. The average molecular weight is 306 g/mol. The summed E-state index contributed by atoms with van der Waals surface area (Å²) < 4.78 is 13.4. The highest BCUT2D eigenvalue weighted by Crippen LogP contribution is 2.29. The van der Waals surface area contributed by atoms with Crippen molar-refractivity contribution in [3.05, 3.63) is 34.1 Å². The van der Waals surface area contributed by atoms with Gasteiger partial charge >= 0.3 is 0 Å². The maximum absolute atomic E-state index is 13.0. The second kappa shape index (κ2) is 4.73. The first-order valence-corrected chi connectivity index (χ1v) is 6.54. The highest BCUT2D eigenvalue weighted by Gasteiger charge is 2.30. The van der Waals surface area contributed by atoms with E-state index in [0.717, 1.165) is 5.56 Å². The molecule has 1 saturated heterocycles. The van der Waals surface area contributed by atoms with Gasteiger partial charge in [0.15, 0.2) is 5.37 Å². The summed E-state index contributed by atoms with van der Waals surface area (Å²) in [6.45, 7) is 0. The fourth-order valence-electron chi connectivity index (χ4n) is 1.57. The largest absolute Gasteiger partial charge is 0.544 e. The number of carbonyl (C=O) groups is 1. The summed E-state index contributed by atoms with van der Waals surface area (Å²) in [6.07, 6.45) is 0. The molecule has 1 aliphatic heterocycles. The van der Waals surface area contributed by atoms with E-state index in [1.54, 1.807) is 17.4 Å². The minimum Gasteiger partial charge on any atom is -0.544 e. The average Bonchev–Trinajstić information content (AvgIpc) is 2.71. The van der Waals surface area contributed by atoms with Crippen molar-refractivity contribution >= 4 is 33.7 Å². The lowest BCUT2D eigenvalue weighted by Crippen LogP contribution is -2.90. The Labute approximate surface area is 105 Å². The van der Waals surface area contributed by atoms with Gasteiger partial charge in [-0.25, -0.2) is 4.39 Å². The van der Waals surface area contributed by atoms with Gasteiger partial charge in [-0.15, -0.1) is 0 Å². The summed E-state index contributed by atoms with van der Waals surface area (Å²) in [5.41, 5.74) is 0.905. The molecule has 2 rings (SSSR count). The smallest absolute Gasteiger partial charge is 0.159 e. The zero-order valence-electron chi connectivity index (χ0n) is 8.15. The number of rotatable bonds is 2. The number of benzene rings is 1. The molecule has 2 N–H and O–H groups in total. The molecule has 86 valence electrons. The Morgan fingerprint density at radius 2 is 2.38 bits per heavy atom. The zero-order chi connectivity index (χ0) is 11.7. The number of quaternary nitrogens is 1. The molecular formula is C10H9BrFNO2S. The van der Waals surface area contributed by atoms with E-state index in [0.29, 0.717) is 10.2 Å². The van der Waals surface area contributed by atoms with Gasteiger partial charge in [-0.2, -0.15) is 0 Å². The summed E-state index contributed by atoms with van der Waals surface area (Å²) in [5.74, 6) is -0.846. The van der Waals surface area contributed by atoms with Crippen LogP contribution in [-0.4, -0.2) is 17.8 Å². The highest BCUT2D eigenvalue weighted by molar-refractivity contribution is 9.10. The molecule has 1 aromatic rings.